The summed E-state index contributed by atoms with van der Waals surface area (Å²) in [6.45, 7) is 3.54. The van der Waals surface area contributed by atoms with Crippen molar-refractivity contribution in [1.82, 2.24) is 0 Å². The topological polar surface area (TPSA) is 59.0 Å². The van der Waals surface area contributed by atoms with Crippen LogP contribution in [0.3, 0.4) is 0 Å². The number of aryl methyl sites for hydroxylation is 2. The summed E-state index contributed by atoms with van der Waals surface area (Å²) in [7, 11) is 1.16. The molecule has 0 aliphatic heterocycles. The molecule has 0 aromatic heterocycles. The van der Waals surface area contributed by atoms with Gasteiger partial charge in [0.2, 0.25) is 0 Å². The number of halogens is 2. The smallest absolute Gasteiger partial charge is 0.438 e. The number of carbonyl (C=O) groups excluding carboxylic acids is 1. The van der Waals surface area contributed by atoms with E-state index in [0.29, 0.717) is 16.5 Å². The third-order valence-corrected chi connectivity index (χ3v) is 5.01. The zero-order chi connectivity index (χ0) is 20.4. The van der Waals surface area contributed by atoms with Crippen LogP contribution in [0.25, 0.3) is 0 Å². The molecule has 1 N–H and O–H groups in total. The molecule has 7 heteroatoms. The van der Waals surface area contributed by atoms with E-state index in [1.165, 1.54) is 6.07 Å². The summed E-state index contributed by atoms with van der Waals surface area (Å²) in [5, 5.41) is 10.6. The summed E-state index contributed by atoms with van der Waals surface area (Å²) >= 11 is 0. The Balaban J connectivity index is 1.96. The van der Waals surface area contributed by atoms with Crippen molar-refractivity contribution < 1.29 is 28.3 Å². The molecule has 0 unspecified atom stereocenters. The van der Waals surface area contributed by atoms with E-state index < -0.39 is 12.5 Å². The molecular formula is C21H23F2NO4. The van der Waals surface area contributed by atoms with E-state index in [0.717, 1.165) is 36.6 Å². The van der Waals surface area contributed by atoms with Gasteiger partial charge < -0.3 is 9.47 Å². The van der Waals surface area contributed by atoms with Gasteiger partial charge in [-0.3, -0.25) is 5.21 Å². The van der Waals surface area contributed by atoms with Gasteiger partial charge in [0, 0.05) is 5.56 Å². The van der Waals surface area contributed by atoms with Crippen molar-refractivity contribution >= 4 is 11.8 Å². The first kappa shape index (κ1) is 20.1. The largest absolute Gasteiger partial charge is 0.488 e. The Bertz CT molecular complexity index is 881. The Morgan fingerprint density at radius 1 is 1.25 bits per heavy atom. The summed E-state index contributed by atoms with van der Waals surface area (Å²) in [6.07, 6.45) is -1.62. The third kappa shape index (κ3) is 4.09. The summed E-state index contributed by atoms with van der Waals surface area (Å²) in [5.74, 6) is 0.399. The number of nitrogens with zero attached hydrogens (tertiary/aromatic N) is 1. The average Bonchev–Trinajstić information content (AvgIpc) is 3.52. The van der Waals surface area contributed by atoms with Gasteiger partial charge in [0.1, 0.15) is 12.4 Å². The minimum Gasteiger partial charge on any atom is -0.488 e. The van der Waals surface area contributed by atoms with Crippen molar-refractivity contribution in [2.24, 2.45) is 0 Å². The molecule has 0 bridgehead atoms. The summed E-state index contributed by atoms with van der Waals surface area (Å²) in [5.41, 5.74) is 3.16. The summed E-state index contributed by atoms with van der Waals surface area (Å²) in [6, 6.07) is 8.22. The number of alkyl halides is 2. The Hall–Kier alpha value is -2.67. The number of rotatable bonds is 6. The van der Waals surface area contributed by atoms with E-state index in [-0.39, 0.29) is 23.6 Å². The number of carbonyl (C=O) groups is 1. The number of benzene rings is 2. The van der Waals surface area contributed by atoms with Gasteiger partial charge in [-0.25, -0.2) is 13.6 Å². The molecule has 1 amide bonds. The van der Waals surface area contributed by atoms with Gasteiger partial charge in [-0.15, -0.1) is 0 Å². The molecule has 1 saturated carbocycles. The lowest BCUT2D eigenvalue weighted by molar-refractivity contribution is 0.140. The second-order valence-corrected chi connectivity index (χ2v) is 6.96. The Labute approximate surface area is 162 Å². The van der Waals surface area contributed by atoms with Crippen molar-refractivity contribution in [3.8, 4) is 5.75 Å². The molecule has 1 aliphatic carbocycles. The van der Waals surface area contributed by atoms with Crippen LogP contribution in [0.2, 0.25) is 0 Å². The lowest BCUT2D eigenvalue weighted by Gasteiger charge is -2.21. The maximum atomic E-state index is 13.5. The summed E-state index contributed by atoms with van der Waals surface area (Å²) < 4.78 is 37.3. The fourth-order valence-electron chi connectivity index (χ4n) is 3.17. The van der Waals surface area contributed by atoms with Gasteiger partial charge in [-0.2, -0.15) is 5.06 Å². The number of anilines is 1. The molecule has 5 nitrogen and oxygen atoms in total. The normalized spacial score (nSPS) is 13.5. The predicted molar refractivity (Wildman–Crippen MR) is 100 cm³/mol. The maximum Gasteiger partial charge on any atom is 0.438 e. The van der Waals surface area contributed by atoms with E-state index in [2.05, 4.69) is 4.74 Å². The predicted octanol–water partition coefficient (Wildman–Crippen LogP) is 5.66. The van der Waals surface area contributed by atoms with Gasteiger partial charge >= 0.3 is 6.09 Å². The fourth-order valence-corrected chi connectivity index (χ4v) is 3.17. The first-order valence-corrected chi connectivity index (χ1v) is 9.04. The van der Waals surface area contributed by atoms with E-state index in [1.807, 2.05) is 13.0 Å². The van der Waals surface area contributed by atoms with Crippen molar-refractivity contribution in [3.05, 3.63) is 58.1 Å². The molecule has 1 fully saturated rings. The van der Waals surface area contributed by atoms with Crippen LogP contribution in [0.5, 0.6) is 5.75 Å². The van der Waals surface area contributed by atoms with Crippen LogP contribution in [-0.2, 0) is 11.3 Å². The van der Waals surface area contributed by atoms with Gasteiger partial charge in [-0.1, -0.05) is 12.1 Å². The van der Waals surface area contributed by atoms with Gasteiger partial charge in [-0.05, 0) is 67.5 Å². The van der Waals surface area contributed by atoms with Crippen LogP contribution >= 0.6 is 0 Å². The number of ether oxygens (including phenoxy) is 2. The maximum absolute atomic E-state index is 13.5. The van der Waals surface area contributed by atoms with Crippen LogP contribution in [0.4, 0.5) is 19.3 Å². The number of methoxy groups -OCH3 is 1. The van der Waals surface area contributed by atoms with Crippen molar-refractivity contribution in [2.75, 3.05) is 12.2 Å². The molecule has 0 heterocycles. The lowest BCUT2D eigenvalue weighted by atomic mass is 10.0. The monoisotopic (exact) mass is 391 g/mol. The Morgan fingerprint density at radius 2 is 1.93 bits per heavy atom. The molecule has 0 atom stereocenters. The van der Waals surface area contributed by atoms with Crippen molar-refractivity contribution in [2.45, 2.75) is 45.6 Å². The Morgan fingerprint density at radius 3 is 2.54 bits per heavy atom. The third-order valence-electron chi connectivity index (χ3n) is 5.01. The van der Waals surface area contributed by atoms with Gasteiger partial charge in [0.05, 0.1) is 18.4 Å². The zero-order valence-electron chi connectivity index (χ0n) is 16.0. The SMILES string of the molecule is COC(=O)N(O)c1cccc(C2CC2)c1COc1cc(C)c(C)cc1C(F)F. The van der Waals surface area contributed by atoms with Crippen molar-refractivity contribution in [3.63, 3.8) is 0 Å². The molecule has 0 radical (unpaired) electrons. The average molecular weight is 391 g/mol. The standard InChI is InChI=1S/C21H23F2NO4/c1-12-9-16(20(22)23)19(10-13(12)2)28-11-17-15(14-7-8-14)5-4-6-18(17)24(26)21(25)27-3/h4-6,9-10,14,20,26H,7-8,11H2,1-3H3. The zero-order valence-corrected chi connectivity index (χ0v) is 16.0. The summed E-state index contributed by atoms with van der Waals surface area (Å²) in [4.78, 5) is 11.8. The fraction of sp³-hybridized carbons (Fsp3) is 0.381. The molecule has 28 heavy (non-hydrogen) atoms. The Kier molecular flexibility index (Phi) is 5.84. The second kappa shape index (κ2) is 8.14. The number of hydroxylamine groups is 1. The number of amides is 1. The molecule has 3 rings (SSSR count). The first-order valence-electron chi connectivity index (χ1n) is 9.04. The highest BCUT2D eigenvalue weighted by Gasteiger charge is 2.29. The molecule has 150 valence electrons. The van der Waals surface area contributed by atoms with Crippen LogP contribution in [0.1, 0.15) is 53.0 Å². The lowest BCUT2D eigenvalue weighted by Crippen LogP contribution is -2.28. The van der Waals surface area contributed by atoms with E-state index in [9.17, 15) is 18.8 Å². The van der Waals surface area contributed by atoms with Crippen LogP contribution < -0.4 is 9.80 Å². The second-order valence-electron chi connectivity index (χ2n) is 6.96. The van der Waals surface area contributed by atoms with Gasteiger partial charge in [0.25, 0.3) is 6.43 Å². The first-order chi connectivity index (χ1) is 13.3. The number of hydrogen-bond acceptors (Lipinski definition) is 4. The van der Waals surface area contributed by atoms with E-state index in [4.69, 9.17) is 4.74 Å². The van der Waals surface area contributed by atoms with Crippen LogP contribution in [0.15, 0.2) is 30.3 Å². The molecule has 1 aliphatic rings. The van der Waals surface area contributed by atoms with E-state index >= 15 is 0 Å². The van der Waals surface area contributed by atoms with Gasteiger partial charge in [0.15, 0.2) is 0 Å². The van der Waals surface area contributed by atoms with Crippen molar-refractivity contribution in [1.29, 1.82) is 0 Å². The molecule has 2 aromatic carbocycles. The minimum absolute atomic E-state index is 0.0573. The van der Waals surface area contributed by atoms with E-state index in [1.54, 1.807) is 25.1 Å². The molecule has 0 saturated heterocycles. The molecule has 0 spiro atoms. The molecular weight excluding hydrogens is 368 g/mol. The molecule has 2 aromatic rings. The number of hydrogen-bond donors (Lipinski definition) is 1. The van der Waals surface area contributed by atoms with Crippen LogP contribution in [-0.4, -0.2) is 18.4 Å². The quantitative estimate of drug-likeness (QED) is 0.510. The highest BCUT2D eigenvalue weighted by molar-refractivity contribution is 5.86. The highest BCUT2D eigenvalue weighted by atomic mass is 19.3. The minimum atomic E-state index is -2.67. The van der Waals surface area contributed by atoms with Crippen LogP contribution in [0, 0.1) is 13.8 Å². The highest BCUT2D eigenvalue weighted by Crippen LogP contribution is 2.44.